The van der Waals surface area contributed by atoms with Gasteiger partial charge in [0.15, 0.2) is 0 Å². The van der Waals surface area contributed by atoms with Crippen LogP contribution in [0.4, 0.5) is 0 Å². The molecule has 2 aliphatic heterocycles. The van der Waals surface area contributed by atoms with E-state index in [-0.39, 0.29) is 5.54 Å². The van der Waals surface area contributed by atoms with Crippen LogP contribution in [0.25, 0.3) is 0 Å². The Kier molecular flexibility index (Phi) is 5.36. The number of piperidine rings is 1. The van der Waals surface area contributed by atoms with Crippen LogP contribution in [-0.4, -0.2) is 53.8 Å². The number of thioether (sulfide) groups is 1. The van der Waals surface area contributed by atoms with Gasteiger partial charge in [-0.25, -0.2) is 0 Å². The van der Waals surface area contributed by atoms with Crippen LogP contribution in [-0.2, 0) is 4.74 Å². The Hall–Kier alpha value is 0.230. The number of nitrogens with zero attached hydrogens (tertiary/aromatic N) is 1. The van der Waals surface area contributed by atoms with Gasteiger partial charge >= 0.3 is 0 Å². The van der Waals surface area contributed by atoms with E-state index in [0.717, 1.165) is 19.7 Å². The molecule has 0 aromatic carbocycles. The lowest BCUT2D eigenvalue weighted by molar-refractivity contribution is -0.0357. The first-order chi connectivity index (χ1) is 8.73. The Labute approximate surface area is 116 Å². The van der Waals surface area contributed by atoms with Gasteiger partial charge in [0.05, 0.1) is 6.10 Å². The predicted octanol–water partition coefficient (Wildman–Crippen LogP) is 2.10. The van der Waals surface area contributed by atoms with Gasteiger partial charge in [0.2, 0.25) is 0 Å². The van der Waals surface area contributed by atoms with Crippen LogP contribution in [0.1, 0.15) is 39.5 Å². The van der Waals surface area contributed by atoms with Gasteiger partial charge in [-0.15, -0.1) is 0 Å². The van der Waals surface area contributed by atoms with E-state index < -0.39 is 0 Å². The molecule has 0 saturated carbocycles. The fourth-order valence-electron chi connectivity index (χ4n) is 3.52. The summed E-state index contributed by atoms with van der Waals surface area (Å²) in [7, 11) is 0. The number of likely N-dealkylation sites (tertiary alicyclic amines) is 1. The van der Waals surface area contributed by atoms with Gasteiger partial charge in [-0.1, -0.05) is 6.92 Å². The molecule has 2 aliphatic rings. The zero-order valence-corrected chi connectivity index (χ0v) is 12.7. The van der Waals surface area contributed by atoms with Gasteiger partial charge in [0, 0.05) is 30.5 Å². The zero-order valence-electron chi connectivity index (χ0n) is 11.9. The quantitative estimate of drug-likeness (QED) is 0.850. The van der Waals surface area contributed by atoms with Crippen molar-refractivity contribution < 1.29 is 4.74 Å². The van der Waals surface area contributed by atoms with Crippen molar-refractivity contribution in [2.24, 2.45) is 5.73 Å². The fourth-order valence-corrected chi connectivity index (χ4v) is 4.86. The molecule has 0 bridgehead atoms. The van der Waals surface area contributed by atoms with Gasteiger partial charge in [0.25, 0.3) is 0 Å². The first-order valence-corrected chi connectivity index (χ1v) is 8.46. The fraction of sp³-hybridized carbons (Fsp3) is 1.00. The van der Waals surface area contributed by atoms with Crippen molar-refractivity contribution in [3.8, 4) is 0 Å². The topological polar surface area (TPSA) is 38.5 Å². The molecule has 3 unspecified atom stereocenters. The van der Waals surface area contributed by atoms with Crippen LogP contribution in [0.5, 0.6) is 0 Å². The Morgan fingerprint density at radius 1 is 1.44 bits per heavy atom. The summed E-state index contributed by atoms with van der Waals surface area (Å²) in [6, 6.07) is 0. The zero-order chi connectivity index (χ0) is 13.0. The van der Waals surface area contributed by atoms with Crippen molar-refractivity contribution in [3.05, 3.63) is 0 Å². The molecule has 0 aliphatic carbocycles. The lowest BCUT2D eigenvalue weighted by atomic mass is 9.85. The summed E-state index contributed by atoms with van der Waals surface area (Å²) in [5, 5.41) is 0.650. The third-order valence-electron chi connectivity index (χ3n) is 4.64. The van der Waals surface area contributed by atoms with E-state index in [2.05, 4.69) is 30.5 Å². The predicted molar refractivity (Wildman–Crippen MR) is 79.2 cm³/mol. The van der Waals surface area contributed by atoms with E-state index >= 15 is 0 Å². The molecule has 0 amide bonds. The molecule has 3 nitrogen and oxygen atoms in total. The number of hydrogen-bond donors (Lipinski definition) is 1. The van der Waals surface area contributed by atoms with Gasteiger partial charge in [-0.3, -0.25) is 4.90 Å². The summed E-state index contributed by atoms with van der Waals surface area (Å²) in [6.07, 6.45) is 5.46. The van der Waals surface area contributed by atoms with Crippen molar-refractivity contribution in [3.63, 3.8) is 0 Å². The first-order valence-electron chi connectivity index (χ1n) is 7.41. The molecule has 0 spiro atoms. The molecule has 3 atom stereocenters. The molecule has 4 heteroatoms. The van der Waals surface area contributed by atoms with Gasteiger partial charge in [-0.05, 0) is 44.9 Å². The first kappa shape index (κ1) is 14.6. The SMILES string of the molecule is CCOC1CCCN(C2(CN)CCCSC2C)C1. The van der Waals surface area contributed by atoms with Crippen LogP contribution in [0.15, 0.2) is 0 Å². The molecule has 18 heavy (non-hydrogen) atoms. The maximum atomic E-state index is 6.18. The van der Waals surface area contributed by atoms with Gasteiger partial charge in [0.1, 0.15) is 0 Å². The van der Waals surface area contributed by atoms with E-state index in [4.69, 9.17) is 10.5 Å². The van der Waals surface area contributed by atoms with Crippen molar-refractivity contribution >= 4 is 11.8 Å². The second-order valence-corrected chi connectivity index (χ2v) is 7.04. The van der Waals surface area contributed by atoms with E-state index in [9.17, 15) is 0 Å². The molecular formula is C14H28N2OS. The van der Waals surface area contributed by atoms with Crippen molar-refractivity contribution in [1.29, 1.82) is 0 Å². The Bertz CT molecular complexity index is 262. The summed E-state index contributed by atoms with van der Waals surface area (Å²) in [6.45, 7) is 8.36. The average molecular weight is 272 g/mol. The summed E-state index contributed by atoms with van der Waals surface area (Å²) in [4.78, 5) is 2.65. The molecule has 106 valence electrons. The molecule has 2 fully saturated rings. The molecule has 2 N–H and O–H groups in total. The van der Waals surface area contributed by atoms with Gasteiger partial charge < -0.3 is 10.5 Å². The van der Waals surface area contributed by atoms with E-state index in [1.807, 2.05) is 0 Å². The highest BCUT2D eigenvalue weighted by molar-refractivity contribution is 8.00. The van der Waals surface area contributed by atoms with Crippen LogP contribution in [0.2, 0.25) is 0 Å². The smallest absolute Gasteiger partial charge is 0.0702 e. The molecule has 2 heterocycles. The minimum absolute atomic E-state index is 0.221. The summed E-state index contributed by atoms with van der Waals surface area (Å²) in [5.74, 6) is 1.30. The normalized spacial score (nSPS) is 38.8. The van der Waals surface area contributed by atoms with Gasteiger partial charge in [-0.2, -0.15) is 11.8 Å². The number of rotatable bonds is 4. The van der Waals surface area contributed by atoms with E-state index in [1.165, 1.54) is 38.0 Å². The maximum absolute atomic E-state index is 6.18. The molecule has 2 saturated heterocycles. The highest BCUT2D eigenvalue weighted by Gasteiger charge is 2.44. The molecule has 0 radical (unpaired) electrons. The Balaban J connectivity index is 2.06. The molecular weight excluding hydrogens is 244 g/mol. The minimum atomic E-state index is 0.221. The van der Waals surface area contributed by atoms with Crippen molar-refractivity contribution in [2.75, 3.05) is 32.0 Å². The highest BCUT2D eigenvalue weighted by Crippen LogP contribution is 2.39. The maximum Gasteiger partial charge on any atom is 0.0702 e. The average Bonchev–Trinajstić information content (AvgIpc) is 2.40. The third-order valence-corrected chi connectivity index (χ3v) is 6.11. The van der Waals surface area contributed by atoms with Crippen LogP contribution >= 0.6 is 11.8 Å². The minimum Gasteiger partial charge on any atom is -0.377 e. The third kappa shape index (κ3) is 2.87. The molecule has 0 aromatic heterocycles. The van der Waals surface area contributed by atoms with Crippen LogP contribution in [0, 0.1) is 0 Å². The highest BCUT2D eigenvalue weighted by atomic mass is 32.2. The lowest BCUT2D eigenvalue weighted by Crippen LogP contribution is -2.63. The Morgan fingerprint density at radius 3 is 2.94 bits per heavy atom. The summed E-state index contributed by atoms with van der Waals surface area (Å²) >= 11 is 2.10. The Morgan fingerprint density at radius 2 is 2.28 bits per heavy atom. The number of ether oxygens (including phenoxy) is 1. The van der Waals surface area contributed by atoms with Crippen molar-refractivity contribution in [1.82, 2.24) is 4.90 Å². The van der Waals surface area contributed by atoms with Crippen LogP contribution < -0.4 is 5.73 Å². The van der Waals surface area contributed by atoms with E-state index in [1.54, 1.807) is 0 Å². The second-order valence-electron chi connectivity index (χ2n) is 5.59. The molecule has 2 rings (SSSR count). The number of hydrogen-bond acceptors (Lipinski definition) is 4. The molecule has 0 aromatic rings. The number of nitrogens with two attached hydrogens (primary N) is 1. The standard InChI is InChI=1S/C14H28N2OS/c1-3-17-13-6-4-8-16(10-13)14(11-15)7-5-9-18-12(14)2/h12-13H,3-11,15H2,1-2H3. The monoisotopic (exact) mass is 272 g/mol. The van der Waals surface area contributed by atoms with E-state index in [0.29, 0.717) is 11.4 Å². The largest absolute Gasteiger partial charge is 0.377 e. The van der Waals surface area contributed by atoms with Crippen molar-refractivity contribution in [2.45, 2.75) is 56.4 Å². The lowest BCUT2D eigenvalue weighted by Gasteiger charge is -2.52. The summed E-state index contributed by atoms with van der Waals surface area (Å²) < 4.78 is 5.84. The summed E-state index contributed by atoms with van der Waals surface area (Å²) in [5.41, 5.74) is 6.40. The van der Waals surface area contributed by atoms with Crippen LogP contribution in [0.3, 0.4) is 0 Å². The second kappa shape index (κ2) is 6.60.